The molecule has 1 unspecified atom stereocenters. The molecule has 2 heterocycles. The smallest absolute Gasteiger partial charge is 0.331 e. The molecular weight excluding hydrogens is 272 g/mol. The van der Waals surface area contributed by atoms with Crippen LogP contribution in [0.5, 0.6) is 0 Å². The molecule has 0 radical (unpaired) electrons. The van der Waals surface area contributed by atoms with Gasteiger partial charge in [-0.05, 0) is 26.0 Å². The third-order valence-electron chi connectivity index (χ3n) is 3.05. The van der Waals surface area contributed by atoms with E-state index in [0.717, 1.165) is 5.69 Å². The highest BCUT2D eigenvalue weighted by atomic mass is 16.4. The lowest BCUT2D eigenvalue weighted by atomic mass is 10.1. The summed E-state index contributed by atoms with van der Waals surface area (Å²) < 4.78 is 1.48. The van der Waals surface area contributed by atoms with Crippen LogP contribution >= 0.6 is 0 Å². The Balaban J connectivity index is 2.25. The van der Waals surface area contributed by atoms with Gasteiger partial charge in [0.25, 0.3) is 5.91 Å². The van der Waals surface area contributed by atoms with Crippen LogP contribution in [0.1, 0.15) is 33.4 Å². The average Bonchev–Trinajstić information content (AvgIpc) is 2.81. The summed E-state index contributed by atoms with van der Waals surface area (Å²) in [5.41, 5.74) is 2.13. The zero-order valence-electron chi connectivity index (χ0n) is 12.0. The molecule has 2 N–H and O–H groups in total. The zero-order valence-corrected chi connectivity index (χ0v) is 12.0. The molecule has 110 valence electrons. The summed E-state index contributed by atoms with van der Waals surface area (Å²) in [5.74, 6) is -1.62. The second kappa shape index (κ2) is 5.74. The van der Waals surface area contributed by atoms with Crippen molar-refractivity contribution in [1.29, 1.82) is 0 Å². The molecule has 21 heavy (non-hydrogen) atoms. The van der Waals surface area contributed by atoms with Crippen molar-refractivity contribution < 1.29 is 14.7 Å². The van der Waals surface area contributed by atoms with Crippen LogP contribution < -0.4 is 5.32 Å². The molecule has 1 atom stereocenters. The molecule has 0 aliphatic heterocycles. The minimum absolute atomic E-state index is 0.357. The molecule has 0 spiro atoms. The molecule has 0 aliphatic rings. The second-order valence-electron chi connectivity index (χ2n) is 4.78. The number of aromatic nitrogens is 3. The van der Waals surface area contributed by atoms with Gasteiger partial charge in [-0.15, -0.1) is 0 Å². The molecule has 2 aromatic heterocycles. The summed E-state index contributed by atoms with van der Waals surface area (Å²) in [6.07, 6.45) is 2.97. The first-order valence-electron chi connectivity index (χ1n) is 6.35. The monoisotopic (exact) mass is 288 g/mol. The normalized spacial score (nSPS) is 12.0. The number of aryl methyl sites for hydroxylation is 3. The van der Waals surface area contributed by atoms with Gasteiger partial charge in [-0.1, -0.05) is 0 Å². The van der Waals surface area contributed by atoms with E-state index in [1.807, 2.05) is 6.92 Å². The van der Waals surface area contributed by atoms with Gasteiger partial charge in [0.05, 0.1) is 17.5 Å². The van der Waals surface area contributed by atoms with Gasteiger partial charge in [-0.3, -0.25) is 14.5 Å². The Kier molecular flexibility index (Phi) is 4.02. The van der Waals surface area contributed by atoms with Crippen LogP contribution in [0.3, 0.4) is 0 Å². The molecular formula is C14H16N4O3. The molecule has 0 saturated heterocycles. The Morgan fingerprint density at radius 3 is 2.57 bits per heavy atom. The first-order chi connectivity index (χ1) is 9.88. The van der Waals surface area contributed by atoms with Gasteiger partial charge >= 0.3 is 5.97 Å². The van der Waals surface area contributed by atoms with Gasteiger partial charge in [-0.2, -0.15) is 5.10 Å². The molecule has 7 heteroatoms. The van der Waals surface area contributed by atoms with E-state index in [4.69, 9.17) is 0 Å². The molecule has 2 aromatic rings. The highest BCUT2D eigenvalue weighted by molar-refractivity contribution is 5.97. The van der Waals surface area contributed by atoms with Crippen LogP contribution in [-0.2, 0) is 11.8 Å². The molecule has 0 aliphatic carbocycles. The molecule has 0 bridgehead atoms. The third kappa shape index (κ3) is 3.25. The van der Waals surface area contributed by atoms with Crippen LogP contribution in [0.25, 0.3) is 0 Å². The predicted octanol–water partition coefficient (Wildman–Crippen LogP) is 0.988. The van der Waals surface area contributed by atoms with E-state index in [1.165, 1.54) is 10.9 Å². The van der Waals surface area contributed by atoms with E-state index in [0.29, 0.717) is 16.8 Å². The summed E-state index contributed by atoms with van der Waals surface area (Å²) in [5, 5.41) is 15.7. The van der Waals surface area contributed by atoms with Crippen LogP contribution in [0.15, 0.2) is 24.5 Å². The summed E-state index contributed by atoms with van der Waals surface area (Å²) in [6, 6.07) is 2.20. The number of carbonyl (C=O) groups excluding carboxylic acids is 1. The number of amides is 1. The lowest BCUT2D eigenvalue weighted by molar-refractivity contribution is -0.139. The van der Waals surface area contributed by atoms with Crippen molar-refractivity contribution in [3.8, 4) is 0 Å². The quantitative estimate of drug-likeness (QED) is 0.874. The standard InChI is InChI=1S/C14H16N4O3/c1-8-4-5-11(9(2)16-8)13(19)17-12(14(20)21)10-6-15-18(3)7-10/h4-7,12H,1-3H3,(H,17,19)(H,20,21). The Morgan fingerprint density at radius 1 is 1.33 bits per heavy atom. The minimum Gasteiger partial charge on any atom is -0.479 e. The van der Waals surface area contributed by atoms with E-state index >= 15 is 0 Å². The number of hydrogen-bond acceptors (Lipinski definition) is 4. The lowest BCUT2D eigenvalue weighted by Gasteiger charge is -2.14. The number of nitrogens with one attached hydrogen (secondary N) is 1. The Bertz CT molecular complexity index is 693. The van der Waals surface area contributed by atoms with Crippen molar-refractivity contribution in [3.63, 3.8) is 0 Å². The number of carbonyl (C=O) groups is 2. The summed E-state index contributed by atoms with van der Waals surface area (Å²) in [6.45, 7) is 3.53. The van der Waals surface area contributed by atoms with E-state index in [2.05, 4.69) is 15.4 Å². The van der Waals surface area contributed by atoms with Crippen molar-refractivity contribution in [2.75, 3.05) is 0 Å². The maximum Gasteiger partial charge on any atom is 0.331 e. The highest BCUT2D eigenvalue weighted by Gasteiger charge is 2.24. The fourth-order valence-corrected chi connectivity index (χ4v) is 2.01. The molecule has 2 rings (SSSR count). The van der Waals surface area contributed by atoms with Crippen molar-refractivity contribution in [3.05, 3.63) is 47.0 Å². The number of pyridine rings is 1. The second-order valence-corrected chi connectivity index (χ2v) is 4.78. The van der Waals surface area contributed by atoms with Crippen LogP contribution in [0, 0.1) is 13.8 Å². The van der Waals surface area contributed by atoms with E-state index in [1.54, 1.807) is 32.3 Å². The summed E-state index contributed by atoms with van der Waals surface area (Å²) in [4.78, 5) is 27.8. The number of aliphatic carboxylic acids is 1. The van der Waals surface area contributed by atoms with E-state index in [9.17, 15) is 14.7 Å². The lowest BCUT2D eigenvalue weighted by Crippen LogP contribution is -2.34. The Hall–Kier alpha value is -2.70. The maximum absolute atomic E-state index is 12.2. The fraction of sp³-hybridized carbons (Fsp3) is 0.286. The SMILES string of the molecule is Cc1ccc(C(=O)NC(C(=O)O)c2cnn(C)c2)c(C)n1. The number of carboxylic acid groups (broad SMARTS) is 1. The van der Waals surface area contributed by atoms with Crippen LogP contribution in [-0.4, -0.2) is 31.7 Å². The third-order valence-corrected chi connectivity index (χ3v) is 3.05. The number of carboxylic acids is 1. The molecule has 7 nitrogen and oxygen atoms in total. The average molecular weight is 288 g/mol. The summed E-state index contributed by atoms with van der Waals surface area (Å²) in [7, 11) is 1.68. The van der Waals surface area contributed by atoms with Crippen LogP contribution in [0.4, 0.5) is 0 Å². The minimum atomic E-state index is -1.15. The number of nitrogens with zero attached hydrogens (tertiary/aromatic N) is 3. The molecule has 0 fully saturated rings. The van der Waals surface area contributed by atoms with Gasteiger partial charge in [0.2, 0.25) is 0 Å². The van der Waals surface area contributed by atoms with Gasteiger partial charge in [-0.25, -0.2) is 4.79 Å². The van der Waals surface area contributed by atoms with Crippen molar-refractivity contribution in [2.24, 2.45) is 7.05 Å². The van der Waals surface area contributed by atoms with E-state index < -0.39 is 17.9 Å². The maximum atomic E-state index is 12.2. The van der Waals surface area contributed by atoms with Gasteiger partial charge < -0.3 is 10.4 Å². The molecule has 1 amide bonds. The Morgan fingerprint density at radius 2 is 2.05 bits per heavy atom. The van der Waals surface area contributed by atoms with Gasteiger partial charge in [0.1, 0.15) is 0 Å². The van der Waals surface area contributed by atoms with E-state index in [-0.39, 0.29) is 0 Å². The molecule has 0 saturated carbocycles. The predicted molar refractivity (Wildman–Crippen MR) is 74.8 cm³/mol. The first-order valence-corrected chi connectivity index (χ1v) is 6.35. The largest absolute Gasteiger partial charge is 0.479 e. The highest BCUT2D eigenvalue weighted by Crippen LogP contribution is 2.14. The first kappa shape index (κ1) is 14.7. The number of rotatable bonds is 4. The van der Waals surface area contributed by atoms with Gasteiger partial charge in [0.15, 0.2) is 6.04 Å². The Labute approximate surface area is 121 Å². The van der Waals surface area contributed by atoms with Crippen LogP contribution in [0.2, 0.25) is 0 Å². The zero-order chi connectivity index (χ0) is 15.6. The van der Waals surface area contributed by atoms with Gasteiger partial charge in [0, 0.05) is 24.5 Å². The van der Waals surface area contributed by atoms with Crippen molar-refractivity contribution in [2.45, 2.75) is 19.9 Å². The summed E-state index contributed by atoms with van der Waals surface area (Å²) >= 11 is 0. The fourth-order valence-electron chi connectivity index (χ4n) is 2.01. The van der Waals surface area contributed by atoms with Crippen molar-refractivity contribution >= 4 is 11.9 Å². The molecule has 0 aromatic carbocycles. The number of hydrogen-bond donors (Lipinski definition) is 2. The van der Waals surface area contributed by atoms with Crippen molar-refractivity contribution in [1.82, 2.24) is 20.1 Å². The topological polar surface area (TPSA) is 97.1 Å².